The highest BCUT2D eigenvalue weighted by Gasteiger charge is 2.24. The molecule has 0 saturated carbocycles. The van der Waals surface area contributed by atoms with Crippen LogP contribution in [0.3, 0.4) is 0 Å². The van der Waals surface area contributed by atoms with Crippen LogP contribution in [0.1, 0.15) is 16.7 Å². The molecule has 1 amide bonds. The third-order valence-electron chi connectivity index (χ3n) is 3.43. The van der Waals surface area contributed by atoms with E-state index < -0.39 is 11.9 Å². The SMILES string of the molecule is [B]c1ccc(N(Cc2cc(C)cc(C)c2)C(=O)C(=O)OC)cc1. The van der Waals surface area contributed by atoms with Crippen LogP contribution in [0.5, 0.6) is 0 Å². The second-order valence-electron chi connectivity index (χ2n) is 5.47. The number of rotatable bonds is 3. The van der Waals surface area contributed by atoms with E-state index in [4.69, 9.17) is 7.85 Å². The first kappa shape index (κ1) is 16.8. The highest BCUT2D eigenvalue weighted by molar-refractivity contribution is 6.38. The third kappa shape index (κ3) is 4.22. The van der Waals surface area contributed by atoms with Gasteiger partial charge in [0.25, 0.3) is 0 Å². The van der Waals surface area contributed by atoms with Gasteiger partial charge in [0, 0.05) is 5.69 Å². The molecule has 4 nitrogen and oxygen atoms in total. The molecule has 2 aromatic rings. The van der Waals surface area contributed by atoms with E-state index in [2.05, 4.69) is 10.8 Å². The van der Waals surface area contributed by atoms with Crippen LogP contribution in [0.4, 0.5) is 5.69 Å². The first-order valence-electron chi connectivity index (χ1n) is 7.23. The first-order valence-corrected chi connectivity index (χ1v) is 7.23. The Kier molecular flexibility index (Phi) is 5.22. The van der Waals surface area contributed by atoms with Gasteiger partial charge in [0.05, 0.1) is 13.7 Å². The largest absolute Gasteiger partial charge is 0.462 e. The van der Waals surface area contributed by atoms with Crippen LogP contribution in [-0.4, -0.2) is 26.8 Å². The number of carbonyl (C=O) groups is 2. The van der Waals surface area contributed by atoms with Gasteiger partial charge in [-0.2, -0.15) is 0 Å². The topological polar surface area (TPSA) is 46.6 Å². The summed E-state index contributed by atoms with van der Waals surface area (Å²) >= 11 is 0. The Bertz CT molecular complexity index is 705. The van der Waals surface area contributed by atoms with Gasteiger partial charge in [0.15, 0.2) is 0 Å². The van der Waals surface area contributed by atoms with Crippen LogP contribution < -0.4 is 10.4 Å². The molecule has 0 aliphatic rings. The Morgan fingerprint density at radius 3 is 2.13 bits per heavy atom. The maximum absolute atomic E-state index is 12.4. The summed E-state index contributed by atoms with van der Waals surface area (Å²) in [4.78, 5) is 25.4. The van der Waals surface area contributed by atoms with Gasteiger partial charge in [0.2, 0.25) is 0 Å². The number of benzene rings is 2. The summed E-state index contributed by atoms with van der Waals surface area (Å²) in [6.45, 7) is 4.26. The van der Waals surface area contributed by atoms with E-state index in [0.29, 0.717) is 11.2 Å². The van der Waals surface area contributed by atoms with Crippen LogP contribution in [0.25, 0.3) is 0 Å². The molecular weight excluding hydrogens is 289 g/mol. The zero-order valence-corrected chi connectivity index (χ0v) is 13.5. The fraction of sp³-hybridized carbons (Fsp3) is 0.222. The quantitative estimate of drug-likeness (QED) is 0.493. The lowest BCUT2D eigenvalue weighted by Crippen LogP contribution is -2.37. The lowest BCUT2D eigenvalue weighted by atomic mass is 9.96. The van der Waals surface area contributed by atoms with Crippen LogP contribution in [0, 0.1) is 13.8 Å². The Morgan fingerprint density at radius 1 is 1.04 bits per heavy atom. The zero-order chi connectivity index (χ0) is 17.0. The predicted octanol–water partition coefficient (Wildman–Crippen LogP) is 1.80. The molecule has 0 bridgehead atoms. The van der Waals surface area contributed by atoms with Crippen molar-refractivity contribution < 1.29 is 14.3 Å². The van der Waals surface area contributed by atoms with Crippen molar-refractivity contribution in [3.05, 3.63) is 59.2 Å². The highest BCUT2D eigenvalue weighted by atomic mass is 16.5. The van der Waals surface area contributed by atoms with Gasteiger partial charge >= 0.3 is 11.9 Å². The smallest absolute Gasteiger partial charge is 0.397 e. The number of carbonyl (C=O) groups excluding carboxylic acids is 2. The molecule has 0 saturated heterocycles. The molecule has 0 aliphatic heterocycles. The van der Waals surface area contributed by atoms with Crippen molar-refractivity contribution in [2.24, 2.45) is 0 Å². The number of hydrogen-bond donors (Lipinski definition) is 0. The lowest BCUT2D eigenvalue weighted by Gasteiger charge is -2.22. The molecule has 0 N–H and O–H groups in total. The van der Waals surface area contributed by atoms with Gasteiger partial charge in [-0.05, 0) is 31.5 Å². The second-order valence-corrected chi connectivity index (χ2v) is 5.47. The molecule has 0 unspecified atom stereocenters. The summed E-state index contributed by atoms with van der Waals surface area (Å²) in [5.74, 6) is -1.61. The van der Waals surface area contributed by atoms with Crippen LogP contribution in [0.15, 0.2) is 42.5 Å². The summed E-state index contributed by atoms with van der Waals surface area (Å²) in [7, 11) is 6.88. The maximum atomic E-state index is 12.4. The molecular formula is C18H18BNO3. The standard InChI is InChI=1S/C18H18BNO3/c1-12-8-13(2)10-14(9-12)11-20(17(21)18(22)23-3)16-6-4-15(19)5-7-16/h4-10H,11H2,1-3H3. The van der Waals surface area contributed by atoms with Gasteiger partial charge in [-0.3, -0.25) is 9.69 Å². The molecule has 116 valence electrons. The van der Waals surface area contributed by atoms with Gasteiger partial charge in [-0.1, -0.05) is 46.9 Å². The van der Waals surface area contributed by atoms with Crippen molar-refractivity contribution >= 4 is 30.9 Å². The molecule has 0 spiro atoms. The highest BCUT2D eigenvalue weighted by Crippen LogP contribution is 2.18. The summed E-state index contributed by atoms with van der Waals surface area (Å²) in [6.07, 6.45) is 0. The fourth-order valence-electron chi connectivity index (χ4n) is 2.47. The molecule has 0 heterocycles. The van der Waals surface area contributed by atoms with Crippen molar-refractivity contribution in [2.45, 2.75) is 20.4 Å². The molecule has 2 rings (SSSR count). The van der Waals surface area contributed by atoms with E-state index in [0.717, 1.165) is 16.7 Å². The fourth-order valence-corrected chi connectivity index (χ4v) is 2.47. The van der Waals surface area contributed by atoms with E-state index in [1.54, 1.807) is 24.3 Å². The summed E-state index contributed by atoms with van der Waals surface area (Å²) < 4.78 is 4.57. The Labute approximate surface area is 137 Å². The zero-order valence-electron chi connectivity index (χ0n) is 13.5. The number of ether oxygens (including phenoxy) is 1. The van der Waals surface area contributed by atoms with Crippen LogP contribution >= 0.6 is 0 Å². The second kappa shape index (κ2) is 7.14. The van der Waals surface area contributed by atoms with E-state index in [9.17, 15) is 9.59 Å². The van der Waals surface area contributed by atoms with E-state index in [1.165, 1.54) is 12.0 Å². The first-order chi connectivity index (χ1) is 10.9. The number of anilines is 1. The molecule has 0 atom stereocenters. The van der Waals surface area contributed by atoms with Crippen LogP contribution in [0.2, 0.25) is 0 Å². The molecule has 23 heavy (non-hydrogen) atoms. The predicted molar refractivity (Wildman–Crippen MR) is 91.0 cm³/mol. The number of amides is 1. The molecule has 2 radical (unpaired) electrons. The van der Waals surface area contributed by atoms with E-state index in [-0.39, 0.29) is 6.54 Å². The molecule has 5 heteroatoms. The van der Waals surface area contributed by atoms with Gasteiger partial charge in [0.1, 0.15) is 7.85 Å². The monoisotopic (exact) mass is 307 g/mol. The number of aryl methyl sites for hydroxylation is 2. The summed E-state index contributed by atoms with van der Waals surface area (Å²) in [6, 6.07) is 12.8. The van der Waals surface area contributed by atoms with Crippen molar-refractivity contribution in [1.29, 1.82) is 0 Å². The molecule has 2 aromatic carbocycles. The number of esters is 1. The van der Waals surface area contributed by atoms with Crippen molar-refractivity contribution in [2.75, 3.05) is 12.0 Å². The Morgan fingerprint density at radius 2 is 1.61 bits per heavy atom. The lowest BCUT2D eigenvalue weighted by molar-refractivity contribution is -0.151. The van der Waals surface area contributed by atoms with Crippen molar-refractivity contribution in [3.63, 3.8) is 0 Å². The molecule has 0 aromatic heterocycles. The van der Waals surface area contributed by atoms with E-state index >= 15 is 0 Å². The minimum absolute atomic E-state index is 0.278. The number of nitrogens with zero attached hydrogens (tertiary/aromatic N) is 1. The minimum atomic E-state index is -0.897. The average molecular weight is 307 g/mol. The van der Waals surface area contributed by atoms with E-state index in [1.807, 2.05) is 26.0 Å². The summed E-state index contributed by atoms with van der Waals surface area (Å²) in [5.41, 5.74) is 4.32. The third-order valence-corrected chi connectivity index (χ3v) is 3.43. The maximum Gasteiger partial charge on any atom is 0.397 e. The minimum Gasteiger partial charge on any atom is -0.462 e. The number of methoxy groups -OCH3 is 1. The van der Waals surface area contributed by atoms with Crippen LogP contribution in [-0.2, 0) is 20.9 Å². The number of hydrogen-bond acceptors (Lipinski definition) is 3. The molecule has 0 fully saturated rings. The Balaban J connectivity index is 2.38. The van der Waals surface area contributed by atoms with Gasteiger partial charge < -0.3 is 4.74 Å². The van der Waals surface area contributed by atoms with Crippen molar-refractivity contribution in [1.82, 2.24) is 0 Å². The molecule has 0 aliphatic carbocycles. The average Bonchev–Trinajstić information content (AvgIpc) is 2.51. The van der Waals surface area contributed by atoms with Crippen molar-refractivity contribution in [3.8, 4) is 0 Å². The van der Waals surface area contributed by atoms with Gasteiger partial charge in [-0.15, -0.1) is 0 Å². The normalized spacial score (nSPS) is 10.2. The summed E-state index contributed by atoms with van der Waals surface area (Å²) in [5, 5.41) is 0. The van der Waals surface area contributed by atoms with Gasteiger partial charge in [-0.25, -0.2) is 4.79 Å². The Hall–Kier alpha value is -2.56.